The van der Waals surface area contributed by atoms with Crippen molar-refractivity contribution in [3.8, 4) is 5.75 Å². The number of carboxylic acids is 3. The molecule has 41 heteroatoms. The minimum atomic E-state index is -2.01. The quantitative estimate of drug-likeness (QED) is 0.0152. The smallest absolute Gasteiger partial charge is 0.326 e. The van der Waals surface area contributed by atoms with Crippen LogP contribution in [0.5, 0.6) is 5.75 Å². The minimum absolute atomic E-state index is 0.0173. The SMILES string of the molecule is CC(C)C[C@H](NC(=O)CC[C@@H]1NC(=O)[C@H](Cc2c[nH]c3ccccc23)NC(=O)[C@@H]2CCCN2C(=O)[C@H](CCCCN)NC(=O)[C@H](CCCN=C(N)N)N(CC(=O)[C@@H]2CCCN2C(=O)[C@H](CCCCN)NC(=O)[C@H](CC(N)=O)NC(=O)[C@H](CCC(=O)O)NC(=O)[C@H](Cc2ccc(O)cc2)NC(=O)[C@H](CC(C)C)NC(=O)[C@@H](N)CCC(=O)O)C1=O)C(=O)O. The number of guanidine groups is 1. The molecule has 2 aromatic carbocycles. The van der Waals surface area contributed by atoms with Gasteiger partial charge in [0.2, 0.25) is 76.8 Å². The van der Waals surface area contributed by atoms with Crippen molar-refractivity contribution in [2.24, 2.45) is 51.2 Å². The van der Waals surface area contributed by atoms with E-state index in [9.17, 15) is 73.2 Å². The van der Waals surface area contributed by atoms with Crippen LogP contribution in [0.4, 0.5) is 0 Å². The summed E-state index contributed by atoms with van der Waals surface area (Å²) in [6, 6.07) is -8.29. The predicted octanol–water partition coefficient (Wildman–Crippen LogP) is -3.02. The number of aliphatic carboxylic acids is 3. The molecule has 13 atom stereocenters. The number of aromatic amines is 1. The number of aliphatic imine (C=N–C) groups is 1. The molecule has 666 valence electrons. The molecular formula is C80H120N20O21. The van der Waals surface area contributed by atoms with Gasteiger partial charge in [-0.2, -0.15) is 0 Å². The first-order valence-corrected chi connectivity index (χ1v) is 41.0. The van der Waals surface area contributed by atoms with Gasteiger partial charge in [0.05, 0.1) is 25.0 Å². The molecule has 4 heterocycles. The second-order valence-corrected chi connectivity index (χ2v) is 31.7. The summed E-state index contributed by atoms with van der Waals surface area (Å²) in [5.41, 5.74) is 36.5. The van der Waals surface area contributed by atoms with Crippen LogP contribution >= 0.6 is 0 Å². The highest BCUT2D eigenvalue weighted by Gasteiger charge is 2.46. The number of hydrogen-bond donors (Lipinski definition) is 20. The molecule has 1 aromatic heterocycles. The third kappa shape index (κ3) is 31.0. The number of para-hydroxylation sites is 1. The van der Waals surface area contributed by atoms with Gasteiger partial charge in [0.1, 0.15) is 72.2 Å². The monoisotopic (exact) mass is 1700 g/mol. The number of aromatic hydroxyl groups is 1. The number of hydrogen-bond acceptors (Lipinski definition) is 22. The van der Waals surface area contributed by atoms with Gasteiger partial charge in [-0.05, 0) is 163 Å². The van der Waals surface area contributed by atoms with Gasteiger partial charge in [-0.1, -0.05) is 58.0 Å². The van der Waals surface area contributed by atoms with Crippen molar-refractivity contribution in [1.29, 1.82) is 0 Å². The lowest BCUT2D eigenvalue weighted by molar-refractivity contribution is -0.149. The fourth-order valence-electron chi connectivity index (χ4n) is 14.8. The number of phenols is 1. The molecule has 0 spiro atoms. The number of unbranched alkanes of at least 4 members (excludes halogenated alkanes) is 2. The van der Waals surface area contributed by atoms with Gasteiger partial charge in [-0.15, -0.1) is 0 Å². The number of likely N-dealkylation sites (tertiary alicyclic amines) is 1. The lowest BCUT2D eigenvalue weighted by Gasteiger charge is -2.36. The number of H-pyrrole nitrogens is 1. The second kappa shape index (κ2) is 48.4. The Morgan fingerprint density at radius 3 is 1.80 bits per heavy atom. The third-order valence-electron chi connectivity index (χ3n) is 21.1. The Labute approximate surface area is 700 Å². The first-order chi connectivity index (χ1) is 57.4. The van der Waals surface area contributed by atoms with Crippen LogP contribution in [-0.4, -0.2) is 264 Å². The number of primary amides is 1. The van der Waals surface area contributed by atoms with E-state index < -0.39 is 224 Å². The summed E-state index contributed by atoms with van der Waals surface area (Å²) in [6.07, 6.45) is -2.96. The van der Waals surface area contributed by atoms with Gasteiger partial charge in [0.25, 0.3) is 0 Å². The Hall–Kier alpha value is -11.9. The van der Waals surface area contributed by atoms with Crippen molar-refractivity contribution in [3.63, 3.8) is 0 Å². The molecule has 26 N–H and O–H groups in total. The van der Waals surface area contributed by atoms with Crippen molar-refractivity contribution in [3.05, 3.63) is 65.9 Å². The van der Waals surface area contributed by atoms with Gasteiger partial charge >= 0.3 is 17.9 Å². The molecule has 3 saturated heterocycles. The number of ketones is 1. The molecule has 0 bridgehead atoms. The molecule has 3 aliphatic rings. The number of nitrogens with one attached hydrogen (secondary N) is 10. The van der Waals surface area contributed by atoms with Crippen LogP contribution < -0.4 is 82.3 Å². The van der Waals surface area contributed by atoms with Gasteiger partial charge in [0.15, 0.2) is 11.7 Å². The van der Waals surface area contributed by atoms with E-state index in [4.69, 9.17) is 34.4 Å². The normalized spacial score (nSPS) is 19.5. The minimum Gasteiger partial charge on any atom is -0.508 e. The highest BCUT2D eigenvalue weighted by molar-refractivity contribution is 6.03. The summed E-state index contributed by atoms with van der Waals surface area (Å²) < 4.78 is 0. The van der Waals surface area contributed by atoms with E-state index in [1.165, 1.54) is 29.2 Å². The van der Waals surface area contributed by atoms with Crippen molar-refractivity contribution >= 4 is 117 Å². The largest absolute Gasteiger partial charge is 0.508 e. The first-order valence-electron chi connectivity index (χ1n) is 41.0. The van der Waals surface area contributed by atoms with E-state index >= 15 is 28.8 Å². The number of amides is 13. The average Bonchev–Trinajstić information content (AvgIpc) is 1.75. The number of nitrogens with two attached hydrogens (primary N) is 6. The number of rotatable bonds is 47. The summed E-state index contributed by atoms with van der Waals surface area (Å²) in [4.78, 5) is 254. The molecule has 3 fully saturated rings. The fourth-order valence-corrected chi connectivity index (χ4v) is 14.8. The molecule has 0 saturated carbocycles. The summed E-state index contributed by atoms with van der Waals surface area (Å²) in [7, 11) is 0. The lowest BCUT2D eigenvalue weighted by Crippen LogP contribution is -2.61. The number of phenolic OH excluding ortho intramolecular Hbond substituents is 1. The predicted molar refractivity (Wildman–Crippen MR) is 438 cm³/mol. The Kier molecular flexibility index (Phi) is 39.2. The molecule has 3 aromatic rings. The molecule has 0 radical (unpaired) electrons. The Morgan fingerprint density at radius 2 is 1.15 bits per heavy atom. The standard InChI is InChI=1S/C80H120N20O21/c1-43(2)36-55(94-68(109)49(83)25-29-66(105)106)70(111)95-56(38-45-21-23-47(101)24-22-45)71(112)90-51(27-30-67(107)108)69(110)96-58(40-64(84)103)73(114)91-52(16-7-9-31-81)76(117)98-34-12-19-60(98)63(102)42-100-62(18-11-33-87-80(85)86)75(116)93-53(17-8-10-32-82)77(118)99-35-13-20-61(99)74(115)97-57(39-46-41-88-50-15-6-5-14-48(46)50)72(113)92-54(78(100)119)26-28-65(104)89-59(79(120)121)37-44(3)4/h5-6,14-15,21-24,41,43-44,49,51-62,88,101H,7-13,16-20,25-40,42,81-83H2,1-4H3,(H2,84,103)(H,89,104)(H,90,112)(H,91,114)(H,92,113)(H,93,116)(H,94,109)(H,95,111)(H,96,110)(H,97,115)(H,105,106)(H,107,108)(H,120,121)(H4,85,86,87)/t49-,51-,52-,53-,54-,55-,56-,57-,58-,59-,60-,61-,62-/m0/s1. The van der Waals surface area contributed by atoms with Crippen molar-refractivity contribution < 1.29 is 102 Å². The molecule has 13 amide bonds. The topological polar surface area (TPSA) is 673 Å². The second-order valence-electron chi connectivity index (χ2n) is 31.7. The zero-order valence-corrected chi connectivity index (χ0v) is 68.8. The zero-order valence-electron chi connectivity index (χ0n) is 68.8. The van der Waals surface area contributed by atoms with Gasteiger partial charge in [-0.3, -0.25) is 81.7 Å². The van der Waals surface area contributed by atoms with Crippen molar-refractivity contribution in [1.82, 2.24) is 67.5 Å². The number of Topliss-reactive ketones (excluding diaryl/α,β-unsaturated/α-hetero) is 1. The van der Waals surface area contributed by atoms with E-state index in [1.807, 2.05) is 0 Å². The fraction of sp³-hybridized carbons (Fsp3) is 0.600. The van der Waals surface area contributed by atoms with Crippen LogP contribution in [-0.2, 0) is 94.3 Å². The van der Waals surface area contributed by atoms with Crippen LogP contribution in [0, 0.1) is 11.8 Å². The molecule has 6 rings (SSSR count). The molecular weight excluding hydrogens is 1580 g/mol. The lowest BCUT2D eigenvalue weighted by atomic mass is 9.99. The highest BCUT2D eigenvalue weighted by atomic mass is 16.4. The van der Waals surface area contributed by atoms with Crippen molar-refractivity contribution in [2.75, 3.05) is 39.3 Å². The number of carbonyl (C=O) groups is 17. The Morgan fingerprint density at radius 1 is 0.570 bits per heavy atom. The first kappa shape index (κ1) is 97.9. The molecule has 0 aliphatic carbocycles. The molecule has 0 unspecified atom stereocenters. The maximum absolute atomic E-state index is 16.3. The third-order valence-corrected chi connectivity index (χ3v) is 21.1. The Bertz CT molecular complexity index is 4170. The highest BCUT2D eigenvalue weighted by Crippen LogP contribution is 2.27. The van der Waals surface area contributed by atoms with E-state index in [0.717, 1.165) is 9.80 Å². The van der Waals surface area contributed by atoms with Gasteiger partial charge < -0.3 is 122 Å². The summed E-state index contributed by atoms with van der Waals surface area (Å²) in [5.74, 6) is -19.2. The number of carboxylic acid groups (broad SMARTS) is 3. The van der Waals surface area contributed by atoms with E-state index in [2.05, 4.69) is 57.8 Å². The van der Waals surface area contributed by atoms with Crippen LogP contribution in [0.1, 0.15) is 174 Å². The van der Waals surface area contributed by atoms with E-state index in [1.54, 1.807) is 58.2 Å². The number of aromatic nitrogens is 1. The summed E-state index contributed by atoms with van der Waals surface area (Å²) in [5, 5.41) is 63.3. The molecule has 41 nitrogen and oxygen atoms in total. The van der Waals surface area contributed by atoms with Crippen LogP contribution in [0.3, 0.4) is 0 Å². The summed E-state index contributed by atoms with van der Waals surface area (Å²) in [6.45, 7) is 5.74. The van der Waals surface area contributed by atoms with Crippen LogP contribution in [0.15, 0.2) is 59.7 Å². The zero-order chi connectivity index (χ0) is 89.3. The molecule has 3 aliphatic heterocycles. The number of benzene rings is 2. The number of nitrogens with zero attached hydrogens (tertiary/aromatic N) is 4. The van der Waals surface area contributed by atoms with Crippen LogP contribution in [0.2, 0.25) is 0 Å². The maximum atomic E-state index is 16.3. The Balaban J connectivity index is 1.40. The van der Waals surface area contributed by atoms with E-state index in [-0.39, 0.29) is 153 Å². The van der Waals surface area contributed by atoms with Gasteiger partial charge in [-0.25, -0.2) is 4.79 Å². The number of fused-ring (bicyclic) bond motifs is 2. The van der Waals surface area contributed by atoms with E-state index in [0.29, 0.717) is 34.9 Å². The summed E-state index contributed by atoms with van der Waals surface area (Å²) >= 11 is 0. The van der Waals surface area contributed by atoms with Crippen molar-refractivity contribution in [2.45, 2.75) is 254 Å². The average molecular weight is 1700 g/mol. The number of carbonyl (C=O) groups excluding carboxylic acids is 14. The molecule has 121 heavy (non-hydrogen) atoms. The van der Waals surface area contributed by atoms with Gasteiger partial charge in [0, 0.05) is 68.8 Å². The maximum Gasteiger partial charge on any atom is 0.326 e. The van der Waals surface area contributed by atoms with Crippen LogP contribution in [0.25, 0.3) is 10.9 Å².